The minimum Gasteiger partial charge on any atom is -0.395 e. The summed E-state index contributed by atoms with van der Waals surface area (Å²) in [5, 5.41) is 9.02. The van der Waals surface area contributed by atoms with E-state index in [9.17, 15) is 4.79 Å². The summed E-state index contributed by atoms with van der Waals surface area (Å²) in [4.78, 5) is 25.0. The van der Waals surface area contributed by atoms with Crippen molar-refractivity contribution >= 4 is 5.91 Å². The van der Waals surface area contributed by atoms with Gasteiger partial charge >= 0.3 is 0 Å². The summed E-state index contributed by atoms with van der Waals surface area (Å²) in [6, 6.07) is 1.98. The molecule has 1 saturated heterocycles. The van der Waals surface area contributed by atoms with Crippen LogP contribution in [0.25, 0.3) is 0 Å². The number of carbonyl (C=O) groups excluding carboxylic acids is 1. The number of rotatable bonds is 6. The highest BCUT2D eigenvalue weighted by molar-refractivity contribution is 5.75. The Morgan fingerprint density at radius 1 is 1.35 bits per heavy atom. The average Bonchev–Trinajstić information content (AvgIpc) is 2.53. The number of aryl methyl sites for hydroxylation is 2. The van der Waals surface area contributed by atoms with Crippen molar-refractivity contribution in [3.63, 3.8) is 0 Å². The molecular weight excluding hydrogens is 292 g/mol. The summed E-state index contributed by atoms with van der Waals surface area (Å²) < 4.78 is 0. The van der Waals surface area contributed by atoms with E-state index in [0.717, 1.165) is 49.7 Å². The number of β-amino-alcohol motifs (C(OH)–C–C–N with tert-alkyl or cyclic N) is 1. The normalized spacial score (nSPS) is 16.5. The summed E-state index contributed by atoms with van der Waals surface area (Å²) in [5.74, 6) is 1.43. The number of aromatic nitrogens is 2. The van der Waals surface area contributed by atoms with Crippen LogP contribution in [0, 0.1) is 6.92 Å². The molecule has 0 saturated carbocycles. The molecule has 1 fully saturated rings. The largest absolute Gasteiger partial charge is 0.395 e. The van der Waals surface area contributed by atoms with E-state index in [2.05, 4.69) is 9.88 Å². The lowest BCUT2D eigenvalue weighted by Gasteiger charge is -2.30. The minimum atomic E-state index is 0.125. The number of aliphatic hydroxyl groups excluding tert-OH is 1. The molecule has 0 aromatic carbocycles. The Morgan fingerprint density at radius 2 is 2.04 bits per heavy atom. The van der Waals surface area contributed by atoms with Crippen molar-refractivity contribution in [2.75, 3.05) is 40.3 Å². The quantitative estimate of drug-likeness (QED) is 0.846. The van der Waals surface area contributed by atoms with E-state index in [-0.39, 0.29) is 12.5 Å². The first-order chi connectivity index (χ1) is 11.0. The second-order valence-electron chi connectivity index (χ2n) is 6.49. The maximum atomic E-state index is 11.7. The van der Waals surface area contributed by atoms with Crippen molar-refractivity contribution in [1.82, 2.24) is 19.8 Å². The molecule has 128 valence electrons. The Balaban J connectivity index is 1.99. The summed E-state index contributed by atoms with van der Waals surface area (Å²) >= 11 is 0. The lowest BCUT2D eigenvalue weighted by molar-refractivity contribution is -0.128. The van der Waals surface area contributed by atoms with E-state index in [1.54, 1.807) is 19.0 Å². The predicted octanol–water partition coefficient (Wildman–Crippen LogP) is 0.978. The fourth-order valence-electron chi connectivity index (χ4n) is 2.98. The number of carbonyl (C=O) groups is 1. The van der Waals surface area contributed by atoms with Gasteiger partial charge in [-0.1, -0.05) is 0 Å². The van der Waals surface area contributed by atoms with E-state index in [1.807, 2.05) is 13.0 Å². The van der Waals surface area contributed by atoms with Crippen molar-refractivity contribution in [1.29, 1.82) is 0 Å². The number of likely N-dealkylation sites (tertiary alicyclic amines) is 1. The van der Waals surface area contributed by atoms with Gasteiger partial charge in [-0.3, -0.25) is 4.79 Å². The lowest BCUT2D eigenvalue weighted by atomic mass is 9.95. The molecule has 1 aromatic heterocycles. The Bertz CT molecular complexity index is 525. The summed E-state index contributed by atoms with van der Waals surface area (Å²) in [5.41, 5.74) is 1.93. The number of aliphatic hydroxyl groups is 1. The van der Waals surface area contributed by atoms with Gasteiger partial charge in [-0.05, 0) is 45.3 Å². The smallest absolute Gasteiger partial charge is 0.222 e. The molecule has 6 heteroatoms. The van der Waals surface area contributed by atoms with Gasteiger partial charge in [0, 0.05) is 44.4 Å². The van der Waals surface area contributed by atoms with Crippen LogP contribution in [0.15, 0.2) is 6.07 Å². The van der Waals surface area contributed by atoms with Gasteiger partial charge in [-0.2, -0.15) is 0 Å². The third kappa shape index (κ3) is 5.25. The summed E-state index contributed by atoms with van der Waals surface area (Å²) in [6.07, 6.45) is 3.20. The van der Waals surface area contributed by atoms with Gasteiger partial charge in [-0.25, -0.2) is 9.97 Å². The molecular formula is C17H28N4O2. The zero-order valence-electron chi connectivity index (χ0n) is 14.5. The standard InChI is InChI=1S/C17H28N4O2/c1-13-12-15(4-5-16(23)20(2)3)19-17(18-13)14-6-8-21(9-7-14)10-11-22/h12,14,22H,4-11H2,1-3H3. The molecule has 0 aliphatic carbocycles. The molecule has 0 bridgehead atoms. The zero-order chi connectivity index (χ0) is 16.8. The molecule has 2 heterocycles. The molecule has 1 N–H and O–H groups in total. The lowest BCUT2D eigenvalue weighted by Crippen LogP contribution is -2.35. The molecule has 23 heavy (non-hydrogen) atoms. The van der Waals surface area contributed by atoms with Crippen molar-refractivity contribution in [3.05, 3.63) is 23.3 Å². The van der Waals surface area contributed by atoms with Crippen LogP contribution in [0.5, 0.6) is 0 Å². The SMILES string of the molecule is Cc1cc(CCC(=O)N(C)C)nc(C2CCN(CCO)CC2)n1. The second-order valence-corrected chi connectivity index (χ2v) is 6.49. The van der Waals surface area contributed by atoms with Crippen LogP contribution in [0.1, 0.15) is 42.4 Å². The van der Waals surface area contributed by atoms with E-state index >= 15 is 0 Å². The maximum absolute atomic E-state index is 11.7. The third-order valence-electron chi connectivity index (χ3n) is 4.39. The third-order valence-corrected chi connectivity index (χ3v) is 4.39. The van der Waals surface area contributed by atoms with Crippen molar-refractivity contribution in [2.45, 2.75) is 38.5 Å². The van der Waals surface area contributed by atoms with Gasteiger partial charge in [0.2, 0.25) is 5.91 Å². The highest BCUT2D eigenvalue weighted by Crippen LogP contribution is 2.25. The van der Waals surface area contributed by atoms with Gasteiger partial charge in [-0.15, -0.1) is 0 Å². The predicted molar refractivity (Wildman–Crippen MR) is 89.3 cm³/mol. The van der Waals surface area contributed by atoms with Crippen LogP contribution in [0.4, 0.5) is 0 Å². The first kappa shape index (κ1) is 17.8. The van der Waals surface area contributed by atoms with Gasteiger partial charge in [0.05, 0.1) is 6.61 Å². The molecule has 1 amide bonds. The number of hydrogen-bond acceptors (Lipinski definition) is 5. The van der Waals surface area contributed by atoms with Crippen molar-refractivity contribution in [2.24, 2.45) is 0 Å². The van der Waals surface area contributed by atoms with Crippen LogP contribution in [-0.2, 0) is 11.2 Å². The molecule has 0 atom stereocenters. The number of nitrogens with zero attached hydrogens (tertiary/aromatic N) is 4. The molecule has 0 unspecified atom stereocenters. The molecule has 1 aromatic rings. The molecule has 2 rings (SSSR count). The van der Waals surface area contributed by atoms with E-state index in [4.69, 9.17) is 10.1 Å². The van der Waals surface area contributed by atoms with Gasteiger partial charge < -0.3 is 14.9 Å². The Labute approximate surface area is 138 Å². The van der Waals surface area contributed by atoms with E-state index in [1.165, 1.54) is 0 Å². The monoisotopic (exact) mass is 320 g/mol. The summed E-state index contributed by atoms with van der Waals surface area (Å²) in [7, 11) is 3.55. The first-order valence-corrected chi connectivity index (χ1v) is 8.37. The van der Waals surface area contributed by atoms with Crippen LogP contribution in [0.3, 0.4) is 0 Å². The zero-order valence-corrected chi connectivity index (χ0v) is 14.5. The fourth-order valence-corrected chi connectivity index (χ4v) is 2.98. The van der Waals surface area contributed by atoms with Crippen LogP contribution in [0.2, 0.25) is 0 Å². The number of hydrogen-bond donors (Lipinski definition) is 1. The second kappa shape index (κ2) is 8.36. The van der Waals surface area contributed by atoms with Crippen LogP contribution in [-0.4, -0.2) is 71.1 Å². The van der Waals surface area contributed by atoms with Gasteiger partial charge in [0.25, 0.3) is 0 Å². The highest BCUT2D eigenvalue weighted by atomic mass is 16.3. The first-order valence-electron chi connectivity index (χ1n) is 8.37. The Morgan fingerprint density at radius 3 is 2.65 bits per heavy atom. The Hall–Kier alpha value is -1.53. The Kier molecular flexibility index (Phi) is 6.47. The topological polar surface area (TPSA) is 69.6 Å². The molecule has 1 aliphatic rings. The number of amides is 1. The maximum Gasteiger partial charge on any atom is 0.222 e. The molecule has 0 spiro atoms. The molecule has 0 radical (unpaired) electrons. The van der Waals surface area contributed by atoms with Crippen LogP contribution < -0.4 is 0 Å². The van der Waals surface area contributed by atoms with Gasteiger partial charge in [0.15, 0.2) is 0 Å². The average molecular weight is 320 g/mol. The fraction of sp³-hybridized carbons (Fsp3) is 0.706. The summed E-state index contributed by atoms with van der Waals surface area (Å²) in [6.45, 7) is 4.92. The van der Waals surface area contributed by atoms with E-state index in [0.29, 0.717) is 18.8 Å². The molecule has 6 nitrogen and oxygen atoms in total. The van der Waals surface area contributed by atoms with Crippen molar-refractivity contribution in [3.8, 4) is 0 Å². The van der Waals surface area contributed by atoms with Crippen LogP contribution >= 0.6 is 0 Å². The highest BCUT2D eigenvalue weighted by Gasteiger charge is 2.23. The van der Waals surface area contributed by atoms with Crippen molar-refractivity contribution < 1.29 is 9.90 Å². The van der Waals surface area contributed by atoms with E-state index < -0.39 is 0 Å². The van der Waals surface area contributed by atoms with Gasteiger partial charge in [0.1, 0.15) is 5.82 Å². The number of piperidine rings is 1. The molecule has 1 aliphatic heterocycles. The minimum absolute atomic E-state index is 0.125.